The number of rotatable bonds is 3. The summed E-state index contributed by atoms with van der Waals surface area (Å²) in [5, 5.41) is 3.16. The number of fused-ring (bicyclic) bond motifs is 1. The van der Waals surface area contributed by atoms with E-state index < -0.39 is 0 Å². The molecule has 138 valence electrons. The molecule has 2 fully saturated rings. The van der Waals surface area contributed by atoms with E-state index in [9.17, 15) is 4.79 Å². The quantitative estimate of drug-likeness (QED) is 0.768. The van der Waals surface area contributed by atoms with Crippen molar-refractivity contribution in [1.82, 2.24) is 9.80 Å². The molecule has 0 saturated carbocycles. The van der Waals surface area contributed by atoms with E-state index in [1.165, 1.54) is 0 Å². The molecule has 2 saturated heterocycles. The average molecular weight is 365 g/mol. The fourth-order valence-electron chi connectivity index (χ4n) is 4.37. The van der Waals surface area contributed by atoms with Crippen molar-refractivity contribution in [1.29, 1.82) is 0 Å². The van der Waals surface area contributed by atoms with Crippen LogP contribution in [0, 0.1) is 0 Å². The van der Waals surface area contributed by atoms with Gasteiger partial charge in [-0.1, -0.05) is 11.8 Å². The summed E-state index contributed by atoms with van der Waals surface area (Å²) >= 11 is 1.65. The van der Waals surface area contributed by atoms with Gasteiger partial charge in [-0.2, -0.15) is 0 Å². The lowest BCUT2D eigenvalue weighted by Gasteiger charge is -2.48. The molecule has 0 aromatic rings. The molecule has 4 aliphatic heterocycles. The fraction of sp³-hybridized carbons (Fsp3) is 0.778. The van der Waals surface area contributed by atoms with Crippen LogP contribution >= 0.6 is 11.8 Å². The van der Waals surface area contributed by atoms with Gasteiger partial charge >= 0.3 is 0 Å². The number of carbonyl (C=O) groups is 1. The molecule has 1 atom stereocenters. The molecule has 0 aliphatic carbocycles. The molecule has 1 spiro atoms. The van der Waals surface area contributed by atoms with E-state index in [0.29, 0.717) is 6.42 Å². The number of hydrogen-bond donors (Lipinski definition) is 0. The molecule has 0 bridgehead atoms. The van der Waals surface area contributed by atoms with Gasteiger partial charge in [0.05, 0.1) is 18.1 Å². The summed E-state index contributed by atoms with van der Waals surface area (Å²) in [6, 6.07) is 0. The molecular weight excluding hydrogens is 338 g/mol. The topological polar surface area (TPSA) is 54.4 Å². The van der Waals surface area contributed by atoms with Gasteiger partial charge in [-0.15, -0.1) is 0 Å². The second-order valence-corrected chi connectivity index (χ2v) is 8.07. The van der Waals surface area contributed by atoms with Gasteiger partial charge in [0.15, 0.2) is 5.17 Å². The number of piperidine rings is 1. The maximum atomic E-state index is 12.8. The summed E-state index contributed by atoms with van der Waals surface area (Å²) in [6.45, 7) is 4.23. The van der Waals surface area contributed by atoms with Gasteiger partial charge in [-0.05, 0) is 37.5 Å². The number of aliphatic imine (C=N–C) groups is 1. The zero-order valence-corrected chi connectivity index (χ0v) is 15.7. The maximum Gasteiger partial charge on any atom is 0.228 e. The van der Waals surface area contributed by atoms with Crippen molar-refractivity contribution in [2.45, 2.75) is 50.2 Å². The van der Waals surface area contributed by atoms with Crippen molar-refractivity contribution in [2.75, 3.05) is 39.9 Å². The van der Waals surface area contributed by atoms with Crippen LogP contribution in [0.1, 0.15) is 38.5 Å². The number of nitrogens with zero attached hydrogens (tertiary/aromatic N) is 3. The minimum atomic E-state index is -0.182. The van der Waals surface area contributed by atoms with Gasteiger partial charge in [0, 0.05) is 45.6 Å². The SMILES string of the molecule is CO[C@@H]1CCCOC12CCN(C(=O)CC1=CSC3=NCCCN13)CC2. The Bertz CT molecular complexity index is 584. The van der Waals surface area contributed by atoms with Crippen LogP contribution in [-0.2, 0) is 14.3 Å². The largest absolute Gasteiger partial charge is 0.378 e. The summed E-state index contributed by atoms with van der Waals surface area (Å²) < 4.78 is 11.8. The minimum Gasteiger partial charge on any atom is -0.378 e. The van der Waals surface area contributed by atoms with Crippen LogP contribution in [0.25, 0.3) is 0 Å². The van der Waals surface area contributed by atoms with Crippen molar-refractivity contribution >= 4 is 22.8 Å². The molecule has 4 rings (SSSR count). The van der Waals surface area contributed by atoms with Crippen LogP contribution in [0.15, 0.2) is 16.1 Å². The number of methoxy groups -OCH3 is 1. The molecule has 4 heterocycles. The highest BCUT2D eigenvalue weighted by molar-refractivity contribution is 8.16. The molecule has 0 unspecified atom stereocenters. The third kappa shape index (κ3) is 3.34. The summed E-state index contributed by atoms with van der Waals surface area (Å²) in [4.78, 5) is 21.5. The van der Waals surface area contributed by atoms with E-state index in [0.717, 1.165) is 75.8 Å². The number of thioether (sulfide) groups is 1. The maximum absolute atomic E-state index is 12.8. The molecule has 0 aromatic carbocycles. The zero-order valence-electron chi connectivity index (χ0n) is 14.9. The third-order valence-electron chi connectivity index (χ3n) is 5.83. The lowest BCUT2D eigenvalue weighted by Crippen LogP contribution is -2.56. The van der Waals surface area contributed by atoms with Crippen LogP contribution in [0.4, 0.5) is 0 Å². The standard InChI is InChI=1S/C18H27N3O3S/c1-23-15-4-2-11-24-18(15)5-9-20(10-6-18)16(22)12-14-13-25-17-19-7-3-8-21(14)17/h13,15H,2-12H2,1H3/t15-/m1/s1. The van der Waals surface area contributed by atoms with Gasteiger partial charge in [0.2, 0.25) is 5.91 Å². The van der Waals surface area contributed by atoms with E-state index in [1.807, 2.05) is 4.90 Å². The Labute approximate surface area is 153 Å². The second-order valence-electron chi connectivity index (χ2n) is 7.23. The van der Waals surface area contributed by atoms with Crippen molar-refractivity contribution in [2.24, 2.45) is 4.99 Å². The van der Waals surface area contributed by atoms with Crippen LogP contribution in [-0.4, -0.2) is 72.5 Å². The Morgan fingerprint density at radius 1 is 1.40 bits per heavy atom. The lowest BCUT2D eigenvalue weighted by atomic mass is 9.81. The average Bonchev–Trinajstić information content (AvgIpc) is 3.06. The third-order valence-corrected chi connectivity index (χ3v) is 6.78. The molecule has 0 N–H and O–H groups in total. The lowest BCUT2D eigenvalue weighted by molar-refractivity contribution is -0.188. The van der Waals surface area contributed by atoms with Crippen LogP contribution in [0.3, 0.4) is 0 Å². The molecule has 0 radical (unpaired) electrons. The Morgan fingerprint density at radius 3 is 3.04 bits per heavy atom. The highest BCUT2D eigenvalue weighted by Crippen LogP contribution is 2.37. The van der Waals surface area contributed by atoms with Gasteiger partial charge in [-0.3, -0.25) is 9.79 Å². The number of carbonyl (C=O) groups excluding carboxylic acids is 1. The number of amides is 1. The Hall–Kier alpha value is -1.05. The normalized spacial score (nSPS) is 28.6. The van der Waals surface area contributed by atoms with Gasteiger partial charge < -0.3 is 19.3 Å². The Kier molecular flexibility index (Phi) is 5.06. The summed E-state index contributed by atoms with van der Waals surface area (Å²) in [5.41, 5.74) is 0.927. The van der Waals surface area contributed by atoms with E-state index in [2.05, 4.69) is 15.3 Å². The van der Waals surface area contributed by atoms with Crippen molar-refractivity contribution < 1.29 is 14.3 Å². The van der Waals surface area contributed by atoms with Crippen LogP contribution < -0.4 is 0 Å². The second kappa shape index (κ2) is 7.29. The first kappa shape index (κ1) is 17.4. The van der Waals surface area contributed by atoms with Crippen LogP contribution in [0.2, 0.25) is 0 Å². The predicted molar refractivity (Wildman–Crippen MR) is 98.4 cm³/mol. The van der Waals surface area contributed by atoms with E-state index in [1.54, 1.807) is 18.9 Å². The summed E-state index contributed by atoms with van der Waals surface area (Å²) in [7, 11) is 1.78. The first-order chi connectivity index (χ1) is 12.2. The van der Waals surface area contributed by atoms with Gasteiger partial charge in [0.1, 0.15) is 0 Å². The van der Waals surface area contributed by atoms with E-state index in [-0.39, 0.29) is 17.6 Å². The molecule has 0 aromatic heterocycles. The molecule has 1 amide bonds. The van der Waals surface area contributed by atoms with E-state index >= 15 is 0 Å². The van der Waals surface area contributed by atoms with Gasteiger partial charge in [0.25, 0.3) is 0 Å². The molecule has 25 heavy (non-hydrogen) atoms. The highest BCUT2D eigenvalue weighted by atomic mass is 32.2. The monoisotopic (exact) mass is 365 g/mol. The van der Waals surface area contributed by atoms with E-state index in [4.69, 9.17) is 9.47 Å². The zero-order chi connectivity index (χ0) is 17.3. The highest BCUT2D eigenvalue weighted by Gasteiger charge is 2.45. The molecular formula is C18H27N3O3S. The summed E-state index contributed by atoms with van der Waals surface area (Å²) in [6.07, 6.45) is 5.59. The molecule has 7 heteroatoms. The number of likely N-dealkylation sites (tertiary alicyclic amines) is 1. The predicted octanol–water partition coefficient (Wildman–Crippen LogP) is 2.21. The first-order valence-corrected chi connectivity index (χ1v) is 10.2. The number of hydrogen-bond acceptors (Lipinski definition) is 6. The smallest absolute Gasteiger partial charge is 0.228 e. The number of amidine groups is 1. The van der Waals surface area contributed by atoms with Crippen molar-refractivity contribution in [3.8, 4) is 0 Å². The van der Waals surface area contributed by atoms with Crippen molar-refractivity contribution in [3.05, 3.63) is 11.1 Å². The minimum absolute atomic E-state index is 0.166. The first-order valence-electron chi connectivity index (χ1n) is 9.34. The number of ether oxygens (including phenoxy) is 2. The Morgan fingerprint density at radius 2 is 2.24 bits per heavy atom. The van der Waals surface area contributed by atoms with Gasteiger partial charge in [-0.25, -0.2) is 0 Å². The van der Waals surface area contributed by atoms with Crippen molar-refractivity contribution in [3.63, 3.8) is 0 Å². The summed E-state index contributed by atoms with van der Waals surface area (Å²) in [5.74, 6) is 0.221. The Balaban J connectivity index is 1.34. The molecule has 6 nitrogen and oxygen atoms in total. The fourth-order valence-corrected chi connectivity index (χ4v) is 5.33. The molecule has 4 aliphatic rings. The van der Waals surface area contributed by atoms with Crippen LogP contribution in [0.5, 0.6) is 0 Å².